The van der Waals surface area contributed by atoms with Crippen LogP contribution < -0.4 is 0 Å². The minimum absolute atomic E-state index is 0.128. The van der Waals surface area contributed by atoms with Gasteiger partial charge in [-0.2, -0.15) is 0 Å². The number of ether oxygens (including phenoxy) is 1. The molecule has 0 amide bonds. The molecule has 1 aromatic carbocycles. The molecule has 0 aliphatic heterocycles. The van der Waals surface area contributed by atoms with Gasteiger partial charge < -0.3 is 9.84 Å². The zero-order valence-corrected chi connectivity index (χ0v) is 12.1. The van der Waals surface area contributed by atoms with E-state index in [1.54, 1.807) is 13.0 Å². The minimum atomic E-state index is -0.964. The third-order valence-electron chi connectivity index (χ3n) is 2.40. The van der Waals surface area contributed by atoms with Gasteiger partial charge >= 0.3 is 5.97 Å². The number of carbonyl (C=O) groups excluding carboxylic acids is 2. The molecule has 0 aromatic heterocycles. The fourth-order valence-corrected chi connectivity index (χ4v) is 1.56. The fraction of sp³-hybridized carbons (Fsp3) is 0.250. The summed E-state index contributed by atoms with van der Waals surface area (Å²) in [7, 11) is 0. The topological polar surface area (TPSA) is 63.6 Å². The quantitative estimate of drug-likeness (QED) is 0.302. The van der Waals surface area contributed by atoms with Crippen LogP contribution >= 0.6 is 0 Å². The second-order valence-corrected chi connectivity index (χ2v) is 3.93. The number of hydrogen-bond acceptors (Lipinski definition) is 4. The van der Waals surface area contributed by atoms with E-state index < -0.39 is 11.8 Å². The van der Waals surface area contributed by atoms with Gasteiger partial charge in [0.15, 0.2) is 0 Å². The van der Waals surface area contributed by atoms with Gasteiger partial charge in [-0.3, -0.25) is 4.79 Å². The van der Waals surface area contributed by atoms with Gasteiger partial charge in [-0.15, -0.1) is 13.2 Å². The van der Waals surface area contributed by atoms with Crippen molar-refractivity contribution in [3.05, 3.63) is 54.1 Å². The Morgan fingerprint density at radius 3 is 2.40 bits per heavy atom. The van der Waals surface area contributed by atoms with Crippen LogP contribution in [0.4, 0.5) is 0 Å². The van der Waals surface area contributed by atoms with Gasteiger partial charge in [-0.05, 0) is 26.3 Å². The third-order valence-corrected chi connectivity index (χ3v) is 2.40. The van der Waals surface area contributed by atoms with E-state index in [4.69, 9.17) is 0 Å². The summed E-state index contributed by atoms with van der Waals surface area (Å²) in [5, 5.41) is 9.81. The summed E-state index contributed by atoms with van der Waals surface area (Å²) >= 11 is 0. The first kappa shape index (κ1) is 17.6. The molecule has 0 radical (unpaired) electrons. The molecule has 1 rings (SSSR count). The Bertz CT molecular complexity index is 515. The molecule has 4 heteroatoms. The average Bonchev–Trinajstić information content (AvgIpc) is 2.41. The zero-order valence-electron chi connectivity index (χ0n) is 12.1. The van der Waals surface area contributed by atoms with Crippen molar-refractivity contribution in [3.63, 3.8) is 0 Å². The highest BCUT2D eigenvalue weighted by atomic mass is 16.5. The van der Waals surface area contributed by atoms with E-state index in [0.717, 1.165) is 17.2 Å². The van der Waals surface area contributed by atoms with Crippen molar-refractivity contribution >= 4 is 17.5 Å². The van der Waals surface area contributed by atoms with Gasteiger partial charge in [0, 0.05) is 11.6 Å². The molecule has 1 aromatic rings. The first-order valence-corrected chi connectivity index (χ1v) is 6.15. The Hall–Kier alpha value is -2.36. The Kier molecular flexibility index (Phi) is 7.67. The number of esters is 1. The lowest BCUT2D eigenvalue weighted by molar-refractivity contribution is -0.151. The highest BCUT2D eigenvalue weighted by Gasteiger charge is 2.14. The maximum atomic E-state index is 11.4. The van der Waals surface area contributed by atoms with Crippen LogP contribution in [-0.4, -0.2) is 23.5 Å². The largest absolute Gasteiger partial charge is 0.507 e. The predicted octanol–water partition coefficient (Wildman–Crippen LogP) is 3.14. The van der Waals surface area contributed by atoms with Gasteiger partial charge in [0.1, 0.15) is 5.76 Å². The van der Waals surface area contributed by atoms with Gasteiger partial charge in [0.05, 0.1) is 6.61 Å². The van der Waals surface area contributed by atoms with Crippen molar-refractivity contribution in [2.45, 2.75) is 20.8 Å². The van der Waals surface area contributed by atoms with Gasteiger partial charge in [0.2, 0.25) is 0 Å². The molecule has 4 nitrogen and oxygen atoms in total. The number of benzene rings is 1. The summed E-state index contributed by atoms with van der Waals surface area (Å²) in [5.41, 5.74) is 2.42. The van der Waals surface area contributed by atoms with Crippen molar-refractivity contribution in [2.75, 3.05) is 6.61 Å². The summed E-state index contributed by atoms with van der Waals surface area (Å²) < 4.78 is 4.55. The number of aliphatic hydroxyl groups is 1. The maximum Gasteiger partial charge on any atom is 0.379 e. The van der Waals surface area contributed by atoms with Crippen LogP contribution in [0.3, 0.4) is 0 Å². The van der Waals surface area contributed by atoms with Crippen molar-refractivity contribution in [1.29, 1.82) is 0 Å². The van der Waals surface area contributed by atoms with Crippen LogP contribution in [0.1, 0.15) is 23.6 Å². The molecule has 0 heterocycles. The Morgan fingerprint density at radius 2 is 1.90 bits per heavy atom. The first-order chi connectivity index (χ1) is 9.45. The number of ketones is 1. The fourth-order valence-electron chi connectivity index (χ4n) is 1.56. The molecule has 0 atom stereocenters. The summed E-state index contributed by atoms with van der Waals surface area (Å²) in [6.07, 6.45) is 0.885. The molecular formula is C16H20O4. The highest BCUT2D eigenvalue weighted by Crippen LogP contribution is 2.17. The summed E-state index contributed by atoms with van der Waals surface area (Å²) in [6.45, 7) is 11.5. The molecule has 0 saturated carbocycles. The van der Waals surface area contributed by atoms with E-state index in [2.05, 4.69) is 17.9 Å². The van der Waals surface area contributed by atoms with Gasteiger partial charge in [-0.25, -0.2) is 4.79 Å². The molecule has 108 valence electrons. The maximum absolute atomic E-state index is 11.4. The van der Waals surface area contributed by atoms with E-state index in [1.807, 2.05) is 26.0 Å². The molecule has 0 spiro atoms. The zero-order chi connectivity index (χ0) is 15.7. The number of aliphatic hydroxyl groups excluding tert-OH is 1. The second-order valence-electron chi connectivity index (χ2n) is 3.93. The van der Waals surface area contributed by atoms with E-state index in [0.29, 0.717) is 5.56 Å². The lowest BCUT2D eigenvalue weighted by Gasteiger charge is -2.05. The number of rotatable bonds is 4. The number of hydrogen-bond donors (Lipinski definition) is 1. The van der Waals surface area contributed by atoms with Crippen LogP contribution in [0.25, 0.3) is 5.76 Å². The highest BCUT2D eigenvalue weighted by molar-refractivity contribution is 6.39. The van der Waals surface area contributed by atoms with Crippen LogP contribution in [0.5, 0.6) is 0 Å². The molecule has 0 fully saturated rings. The second kappa shape index (κ2) is 8.69. The van der Waals surface area contributed by atoms with Crippen LogP contribution in [0.15, 0.2) is 37.4 Å². The molecule has 0 bridgehead atoms. The third kappa shape index (κ3) is 5.10. The molecule has 1 N–H and O–H groups in total. The SMILES string of the molecule is C=C.CCOC(=O)C(=O)/C=C(\O)c1ccc(C)cc1C. The van der Waals surface area contributed by atoms with Crippen LogP contribution in [0.2, 0.25) is 0 Å². The van der Waals surface area contributed by atoms with E-state index in [1.165, 1.54) is 0 Å². The Balaban J connectivity index is 0.00000172. The van der Waals surface area contributed by atoms with Gasteiger partial charge in [-0.1, -0.05) is 23.8 Å². The first-order valence-electron chi connectivity index (χ1n) is 6.15. The van der Waals surface area contributed by atoms with Crippen molar-refractivity contribution in [1.82, 2.24) is 0 Å². The smallest absolute Gasteiger partial charge is 0.379 e. The summed E-state index contributed by atoms with van der Waals surface area (Å²) in [4.78, 5) is 22.5. The molecule has 0 aliphatic carbocycles. The Morgan fingerprint density at radius 1 is 1.30 bits per heavy atom. The van der Waals surface area contributed by atoms with Crippen LogP contribution in [-0.2, 0) is 14.3 Å². The molecule has 0 unspecified atom stereocenters. The van der Waals surface area contributed by atoms with Crippen molar-refractivity contribution in [2.24, 2.45) is 0 Å². The molecular weight excluding hydrogens is 256 g/mol. The van der Waals surface area contributed by atoms with Gasteiger partial charge in [0.25, 0.3) is 5.78 Å². The van der Waals surface area contributed by atoms with Crippen LogP contribution in [0, 0.1) is 13.8 Å². The lowest BCUT2D eigenvalue weighted by atomic mass is 10.0. The number of aryl methyl sites for hydroxylation is 2. The molecule has 0 aliphatic rings. The van der Waals surface area contributed by atoms with E-state index in [-0.39, 0.29) is 12.4 Å². The predicted molar refractivity (Wildman–Crippen MR) is 79.4 cm³/mol. The van der Waals surface area contributed by atoms with Crippen molar-refractivity contribution < 1.29 is 19.4 Å². The summed E-state index contributed by atoms with van der Waals surface area (Å²) in [5.74, 6) is -2.06. The molecule has 20 heavy (non-hydrogen) atoms. The molecule has 0 saturated heterocycles. The summed E-state index contributed by atoms with van der Waals surface area (Å²) in [6, 6.07) is 5.41. The normalized spacial score (nSPS) is 10.2. The monoisotopic (exact) mass is 276 g/mol. The Labute approximate surface area is 119 Å². The standard InChI is InChI=1S/C14H16O4.C2H4/c1-4-18-14(17)13(16)8-12(15)11-6-5-9(2)7-10(11)3;1-2/h5-8,15H,4H2,1-3H3;1-2H2/b12-8-;. The lowest BCUT2D eigenvalue weighted by Crippen LogP contribution is -2.15. The minimum Gasteiger partial charge on any atom is -0.507 e. The average molecular weight is 276 g/mol. The number of carbonyl (C=O) groups is 2. The van der Waals surface area contributed by atoms with E-state index >= 15 is 0 Å². The van der Waals surface area contributed by atoms with E-state index in [9.17, 15) is 14.7 Å². The van der Waals surface area contributed by atoms with Crippen molar-refractivity contribution in [3.8, 4) is 0 Å².